The highest BCUT2D eigenvalue weighted by molar-refractivity contribution is 7.70. The Morgan fingerprint density at radius 2 is 1.87 bits per heavy atom. The largest absolute Gasteiger partial charge is 0.481 e. The van der Waals surface area contributed by atoms with Crippen LogP contribution in [0.4, 0.5) is 0 Å². The molecular weight excluding hydrogens is 314 g/mol. The van der Waals surface area contributed by atoms with E-state index < -0.39 is 10.9 Å². The lowest BCUT2D eigenvalue weighted by Gasteiger charge is -2.08. The lowest BCUT2D eigenvalue weighted by molar-refractivity contribution is 0.399. The van der Waals surface area contributed by atoms with E-state index in [1.165, 1.54) is 0 Å². The second-order valence-electron chi connectivity index (χ2n) is 4.87. The molecule has 0 aliphatic carbocycles. The fourth-order valence-corrected chi connectivity index (χ4v) is 2.65. The van der Waals surface area contributed by atoms with Crippen LogP contribution in [0.2, 0.25) is 0 Å². The van der Waals surface area contributed by atoms with Crippen LogP contribution in [-0.4, -0.2) is 25.5 Å². The van der Waals surface area contributed by atoms with E-state index in [2.05, 4.69) is 14.7 Å². The van der Waals surface area contributed by atoms with Gasteiger partial charge in [-0.05, 0) is 28.8 Å². The van der Waals surface area contributed by atoms with Gasteiger partial charge >= 0.3 is 0 Å². The molecule has 0 saturated carbocycles. The highest BCUT2D eigenvalue weighted by Crippen LogP contribution is 2.28. The number of nitrogens with one attached hydrogen (secondary N) is 1. The van der Waals surface area contributed by atoms with Crippen LogP contribution in [-0.2, 0) is 17.4 Å². The van der Waals surface area contributed by atoms with Crippen LogP contribution < -0.4 is 9.46 Å². The lowest BCUT2D eigenvalue weighted by atomic mass is 10.0. The Morgan fingerprint density at radius 1 is 1.09 bits per heavy atom. The molecule has 7 heteroatoms. The fraction of sp³-hybridized carbons (Fsp3) is 0.125. The van der Waals surface area contributed by atoms with Crippen LogP contribution in [0.15, 0.2) is 48.7 Å². The predicted molar refractivity (Wildman–Crippen MR) is 88.7 cm³/mol. The van der Waals surface area contributed by atoms with Gasteiger partial charge in [-0.2, -0.15) is 4.98 Å². The molecule has 0 bridgehead atoms. The number of fused-ring (bicyclic) bond motifs is 1. The molecule has 118 valence electrons. The van der Waals surface area contributed by atoms with E-state index in [1.54, 1.807) is 19.4 Å². The van der Waals surface area contributed by atoms with Crippen molar-refractivity contribution in [1.29, 1.82) is 0 Å². The summed E-state index contributed by atoms with van der Waals surface area (Å²) in [5.41, 5.74) is 3.54. The van der Waals surface area contributed by atoms with Gasteiger partial charge in [-0.1, -0.05) is 24.3 Å². The van der Waals surface area contributed by atoms with Crippen LogP contribution in [0.3, 0.4) is 0 Å². The van der Waals surface area contributed by atoms with E-state index in [4.69, 9.17) is 4.74 Å². The minimum atomic E-state index is -2.58. The minimum absolute atomic E-state index is 0.287. The highest BCUT2D eigenvalue weighted by atomic mass is 32.2. The molecule has 0 radical (unpaired) electrons. The third-order valence-corrected chi connectivity index (χ3v) is 3.88. The number of rotatable bonds is 5. The summed E-state index contributed by atoms with van der Waals surface area (Å²) in [6.45, 7) is 0.287. The van der Waals surface area contributed by atoms with E-state index in [0.29, 0.717) is 11.5 Å². The van der Waals surface area contributed by atoms with Crippen molar-refractivity contribution in [1.82, 2.24) is 14.7 Å². The number of methoxy groups -OCH3 is 1. The van der Waals surface area contributed by atoms with Crippen molar-refractivity contribution < 1.29 is 13.2 Å². The van der Waals surface area contributed by atoms with E-state index in [9.17, 15) is 8.42 Å². The summed E-state index contributed by atoms with van der Waals surface area (Å²) in [5, 5.41) is 0.932. The van der Waals surface area contributed by atoms with E-state index >= 15 is 0 Å². The minimum Gasteiger partial charge on any atom is -0.481 e. The summed E-state index contributed by atoms with van der Waals surface area (Å²) < 4.78 is 28.6. The monoisotopic (exact) mass is 329 g/mol. The third-order valence-electron chi connectivity index (χ3n) is 3.46. The van der Waals surface area contributed by atoms with Crippen molar-refractivity contribution in [3.05, 3.63) is 54.2 Å². The SMILES string of the molecule is COc1ccc2c(-c3ccc(CN[SH](=O)=O)cc3)ccnc2n1. The van der Waals surface area contributed by atoms with Crippen molar-refractivity contribution in [3.8, 4) is 17.0 Å². The zero-order valence-electron chi connectivity index (χ0n) is 12.4. The third kappa shape index (κ3) is 3.46. The summed E-state index contributed by atoms with van der Waals surface area (Å²) in [6, 6.07) is 13.4. The molecular formula is C16H15N3O3S. The molecule has 23 heavy (non-hydrogen) atoms. The number of thiol groups is 1. The topological polar surface area (TPSA) is 81.2 Å². The van der Waals surface area contributed by atoms with Gasteiger partial charge in [0.2, 0.25) is 16.8 Å². The Bertz CT molecular complexity index is 900. The second kappa shape index (κ2) is 6.72. The molecule has 0 amide bonds. The molecule has 1 aromatic carbocycles. The number of aromatic nitrogens is 2. The van der Waals surface area contributed by atoms with Crippen LogP contribution in [0.5, 0.6) is 5.88 Å². The van der Waals surface area contributed by atoms with Crippen molar-refractivity contribution in [2.24, 2.45) is 0 Å². The Kier molecular flexibility index (Phi) is 4.50. The first-order valence-electron chi connectivity index (χ1n) is 6.94. The Labute approximate surface area is 135 Å². The number of pyridine rings is 2. The number of ether oxygens (including phenoxy) is 1. The molecule has 0 unspecified atom stereocenters. The number of nitrogens with zero attached hydrogens (tertiary/aromatic N) is 2. The van der Waals surface area contributed by atoms with Crippen molar-refractivity contribution >= 4 is 21.9 Å². The molecule has 1 N–H and O–H groups in total. The normalized spacial score (nSPS) is 11.0. The van der Waals surface area contributed by atoms with Gasteiger partial charge in [0, 0.05) is 24.2 Å². The first-order valence-corrected chi connectivity index (χ1v) is 8.12. The number of hydrogen-bond acceptors (Lipinski definition) is 5. The molecule has 2 aromatic heterocycles. The molecule has 3 rings (SSSR count). The second-order valence-corrected chi connectivity index (χ2v) is 5.70. The van der Waals surface area contributed by atoms with Crippen LogP contribution in [0.25, 0.3) is 22.2 Å². The van der Waals surface area contributed by atoms with E-state index in [0.717, 1.165) is 22.1 Å². The molecule has 0 spiro atoms. The summed E-state index contributed by atoms with van der Waals surface area (Å²) in [4.78, 5) is 8.61. The van der Waals surface area contributed by atoms with Gasteiger partial charge in [0.1, 0.15) is 0 Å². The van der Waals surface area contributed by atoms with Gasteiger partial charge in [-0.25, -0.2) is 18.1 Å². The zero-order chi connectivity index (χ0) is 16.2. The first-order chi connectivity index (χ1) is 11.2. The summed E-state index contributed by atoms with van der Waals surface area (Å²) >= 11 is 0. The quantitative estimate of drug-likeness (QED) is 0.699. The maximum Gasteiger partial charge on any atom is 0.215 e. The predicted octanol–water partition coefficient (Wildman–Crippen LogP) is 1.92. The van der Waals surface area contributed by atoms with E-state index in [-0.39, 0.29) is 6.54 Å². The molecule has 0 aliphatic rings. The van der Waals surface area contributed by atoms with Crippen LogP contribution in [0, 0.1) is 0 Å². The number of benzene rings is 1. The summed E-state index contributed by atoms with van der Waals surface area (Å²) in [5.74, 6) is 0.523. The molecule has 3 aromatic rings. The van der Waals surface area contributed by atoms with Crippen LogP contribution in [0.1, 0.15) is 5.56 Å². The van der Waals surface area contributed by atoms with E-state index in [1.807, 2.05) is 36.4 Å². The van der Waals surface area contributed by atoms with Crippen molar-refractivity contribution in [2.45, 2.75) is 6.54 Å². The highest BCUT2D eigenvalue weighted by Gasteiger charge is 2.07. The maximum atomic E-state index is 10.6. The number of hydrogen-bond donors (Lipinski definition) is 2. The van der Waals surface area contributed by atoms with Gasteiger partial charge in [-0.3, -0.25) is 0 Å². The smallest absolute Gasteiger partial charge is 0.215 e. The van der Waals surface area contributed by atoms with Gasteiger partial charge in [0.25, 0.3) is 0 Å². The van der Waals surface area contributed by atoms with Gasteiger partial charge in [0.15, 0.2) is 5.65 Å². The molecule has 2 heterocycles. The van der Waals surface area contributed by atoms with Crippen molar-refractivity contribution in [3.63, 3.8) is 0 Å². The Balaban J connectivity index is 1.96. The Hall–Kier alpha value is -2.51. The standard InChI is InChI=1S/C16H15N3O3S/c1-22-15-7-6-14-13(8-9-17-16(14)19-15)12-4-2-11(3-5-12)10-18-23(20)21/h2-9,23H,10H2,1H3,(H,18,20,21). The Morgan fingerprint density at radius 3 is 2.57 bits per heavy atom. The summed E-state index contributed by atoms with van der Waals surface area (Å²) in [6.07, 6.45) is 1.71. The zero-order valence-corrected chi connectivity index (χ0v) is 13.3. The average molecular weight is 329 g/mol. The van der Waals surface area contributed by atoms with Crippen molar-refractivity contribution in [2.75, 3.05) is 7.11 Å². The molecule has 0 atom stereocenters. The molecule has 0 saturated heterocycles. The fourth-order valence-electron chi connectivity index (χ4n) is 2.34. The molecule has 6 nitrogen and oxygen atoms in total. The van der Waals surface area contributed by atoms with Gasteiger partial charge < -0.3 is 4.74 Å². The average Bonchev–Trinajstić information content (AvgIpc) is 2.59. The molecule has 0 fully saturated rings. The first kappa shape index (κ1) is 15.4. The molecule has 0 aliphatic heterocycles. The summed E-state index contributed by atoms with van der Waals surface area (Å²) in [7, 11) is -1.01. The lowest BCUT2D eigenvalue weighted by Crippen LogP contribution is -2.09. The van der Waals surface area contributed by atoms with Gasteiger partial charge in [0.05, 0.1) is 7.11 Å². The van der Waals surface area contributed by atoms with Gasteiger partial charge in [-0.15, -0.1) is 0 Å². The maximum absolute atomic E-state index is 10.6. The van der Waals surface area contributed by atoms with Crippen LogP contribution >= 0.6 is 0 Å².